The maximum atomic E-state index is 14.1. The van der Waals surface area contributed by atoms with Gasteiger partial charge in [0.1, 0.15) is 11.6 Å². The van der Waals surface area contributed by atoms with Crippen LogP contribution in [0.2, 0.25) is 0 Å². The molecule has 0 fully saturated rings. The molecule has 0 amide bonds. The van der Waals surface area contributed by atoms with Crippen molar-refractivity contribution in [2.45, 2.75) is 56.9 Å². The van der Waals surface area contributed by atoms with Crippen LogP contribution in [-0.2, 0) is 30.9 Å². The number of halogens is 5. The second-order valence-electron chi connectivity index (χ2n) is 8.03. The van der Waals surface area contributed by atoms with Crippen LogP contribution in [-0.4, -0.2) is 32.1 Å². The molecule has 0 radical (unpaired) electrons. The number of hydrogen-bond acceptors (Lipinski definition) is 5. The Kier molecular flexibility index (Phi) is 8.20. The van der Waals surface area contributed by atoms with Crippen LogP contribution in [0.5, 0.6) is 0 Å². The first-order valence-electron chi connectivity index (χ1n) is 9.58. The quantitative estimate of drug-likeness (QED) is 0.259. The molecule has 0 unspecified atom stereocenters. The first kappa shape index (κ1) is 26.7. The number of benzene rings is 2. The van der Waals surface area contributed by atoms with Gasteiger partial charge in [0, 0.05) is 0 Å². The Morgan fingerprint density at radius 3 is 1.91 bits per heavy atom. The average molecular weight is 495 g/mol. The Labute approximate surface area is 187 Å². The minimum atomic E-state index is -5.44. The Hall–Kier alpha value is -2.57. The molecule has 12 heteroatoms. The molecule has 0 aliphatic carbocycles. The summed E-state index contributed by atoms with van der Waals surface area (Å²) in [4.78, 5) is 10.5. The van der Waals surface area contributed by atoms with Crippen molar-refractivity contribution in [2.24, 2.45) is 0 Å². The lowest BCUT2D eigenvalue weighted by Gasteiger charge is -2.28. The summed E-state index contributed by atoms with van der Waals surface area (Å²) in [6.45, 7) is 5.65. The molecule has 0 spiro atoms. The van der Waals surface area contributed by atoms with Crippen LogP contribution in [0.3, 0.4) is 0 Å². The summed E-state index contributed by atoms with van der Waals surface area (Å²) in [7, 11) is -5.44. The smallest absolute Gasteiger partial charge is 0.327 e. The number of esters is 1. The van der Waals surface area contributed by atoms with E-state index in [9.17, 15) is 35.2 Å². The van der Waals surface area contributed by atoms with E-state index in [1.165, 1.54) is 27.7 Å². The van der Waals surface area contributed by atoms with Gasteiger partial charge in [-0.05, 0) is 33.3 Å². The number of nitrogens with one attached hydrogen (secondary N) is 1. The Balaban J connectivity index is 2.42. The number of carbonyl (C=O) groups excluding carboxylic acids is 1. The highest BCUT2D eigenvalue weighted by atomic mass is 32.2. The lowest BCUT2D eigenvalue weighted by atomic mass is 10.1. The highest BCUT2D eigenvalue weighted by Gasteiger charge is 2.39. The predicted molar refractivity (Wildman–Crippen MR) is 107 cm³/mol. The molecule has 6 nitrogen and oxygen atoms in total. The first-order chi connectivity index (χ1) is 15.2. The fourth-order valence-electron chi connectivity index (χ4n) is 2.65. The molecule has 182 valence electrons. The fourth-order valence-corrected chi connectivity index (χ4v) is 4.04. The van der Waals surface area contributed by atoms with Crippen molar-refractivity contribution < 1.29 is 44.6 Å². The van der Waals surface area contributed by atoms with Gasteiger partial charge in [0.05, 0.1) is 12.7 Å². The lowest BCUT2D eigenvalue weighted by Crippen LogP contribution is -2.51. The van der Waals surface area contributed by atoms with Gasteiger partial charge < -0.3 is 9.47 Å². The first-order valence-corrected chi connectivity index (χ1v) is 11.1. The molecular formula is C21H22F5NO5S. The third kappa shape index (κ3) is 6.49. The third-order valence-corrected chi connectivity index (χ3v) is 5.67. The van der Waals surface area contributed by atoms with Gasteiger partial charge in [0.25, 0.3) is 0 Å². The number of rotatable bonds is 8. The van der Waals surface area contributed by atoms with Crippen LogP contribution in [0.25, 0.3) is 0 Å². The van der Waals surface area contributed by atoms with Crippen LogP contribution in [0.4, 0.5) is 22.0 Å². The summed E-state index contributed by atoms with van der Waals surface area (Å²) >= 11 is 0. The zero-order valence-corrected chi connectivity index (χ0v) is 18.9. The Morgan fingerprint density at radius 2 is 1.42 bits per heavy atom. The zero-order valence-electron chi connectivity index (χ0n) is 18.1. The van der Waals surface area contributed by atoms with Crippen LogP contribution < -0.4 is 4.72 Å². The van der Waals surface area contributed by atoms with E-state index in [1.807, 2.05) is 0 Å². The van der Waals surface area contributed by atoms with E-state index in [0.29, 0.717) is 5.56 Å². The SMILES string of the molecule is C[C@@H](OCc1ccccc1)[C@H](NS(=O)(=O)c1c(F)c(F)c(F)c(F)c1F)C(=O)OC(C)(C)C. The van der Waals surface area contributed by atoms with Gasteiger partial charge in [-0.15, -0.1) is 0 Å². The summed E-state index contributed by atoms with van der Waals surface area (Å²) in [6.07, 6.45) is -1.27. The summed E-state index contributed by atoms with van der Waals surface area (Å²) in [5.74, 6) is -13.7. The highest BCUT2D eigenvalue weighted by Crippen LogP contribution is 2.27. The van der Waals surface area contributed by atoms with Crippen molar-refractivity contribution in [3.63, 3.8) is 0 Å². The Morgan fingerprint density at radius 1 is 0.939 bits per heavy atom. The van der Waals surface area contributed by atoms with Gasteiger partial charge in [0.2, 0.25) is 15.8 Å². The number of ether oxygens (including phenoxy) is 2. The van der Waals surface area contributed by atoms with Crippen molar-refractivity contribution in [3.8, 4) is 0 Å². The van der Waals surface area contributed by atoms with E-state index in [1.54, 1.807) is 35.1 Å². The fraction of sp³-hybridized carbons (Fsp3) is 0.381. The van der Waals surface area contributed by atoms with E-state index in [-0.39, 0.29) is 6.61 Å². The maximum Gasteiger partial charge on any atom is 0.327 e. The van der Waals surface area contributed by atoms with Crippen LogP contribution in [0.1, 0.15) is 33.3 Å². The number of carbonyl (C=O) groups is 1. The van der Waals surface area contributed by atoms with Crippen molar-refractivity contribution in [3.05, 3.63) is 65.0 Å². The monoisotopic (exact) mass is 495 g/mol. The largest absolute Gasteiger partial charge is 0.459 e. The van der Waals surface area contributed by atoms with Crippen molar-refractivity contribution in [1.82, 2.24) is 4.72 Å². The van der Waals surface area contributed by atoms with Crippen molar-refractivity contribution in [2.75, 3.05) is 0 Å². The normalized spacial score (nSPS) is 14.1. The number of sulfonamides is 1. The molecule has 2 aromatic rings. The molecular weight excluding hydrogens is 473 g/mol. The molecule has 0 saturated carbocycles. The second kappa shape index (κ2) is 10.1. The van der Waals surface area contributed by atoms with E-state index in [4.69, 9.17) is 9.47 Å². The molecule has 0 aliphatic rings. The van der Waals surface area contributed by atoms with Gasteiger partial charge in [-0.25, -0.2) is 30.4 Å². The molecule has 0 heterocycles. The van der Waals surface area contributed by atoms with E-state index >= 15 is 0 Å². The molecule has 1 N–H and O–H groups in total. The van der Waals surface area contributed by atoms with Crippen LogP contribution >= 0.6 is 0 Å². The van der Waals surface area contributed by atoms with Crippen LogP contribution in [0, 0.1) is 29.1 Å². The standard InChI is InChI=1S/C21H22F5NO5S/c1-11(31-10-12-8-6-5-7-9-12)18(20(28)32-21(2,3)4)27-33(29,30)19-16(25)14(23)13(22)15(24)17(19)26/h5-9,11,18,27H,10H2,1-4H3/t11-,18+/m1/s1. The van der Waals surface area contributed by atoms with E-state index in [0.717, 1.165) is 0 Å². The zero-order chi connectivity index (χ0) is 25.1. The van der Waals surface area contributed by atoms with Gasteiger partial charge >= 0.3 is 5.97 Å². The minimum absolute atomic E-state index is 0.0778. The summed E-state index contributed by atoms with van der Waals surface area (Å²) in [5.41, 5.74) is -0.431. The summed E-state index contributed by atoms with van der Waals surface area (Å²) in [6, 6.07) is 6.66. The van der Waals surface area contributed by atoms with Crippen molar-refractivity contribution >= 4 is 16.0 Å². The van der Waals surface area contributed by atoms with E-state index < -0.39 is 67.7 Å². The molecule has 0 aliphatic heterocycles. The maximum absolute atomic E-state index is 14.1. The molecule has 0 saturated heterocycles. The van der Waals surface area contributed by atoms with Gasteiger partial charge in [-0.3, -0.25) is 4.79 Å². The van der Waals surface area contributed by atoms with Crippen LogP contribution in [0.15, 0.2) is 35.2 Å². The third-order valence-electron chi connectivity index (χ3n) is 4.21. The van der Waals surface area contributed by atoms with Gasteiger partial charge in [0.15, 0.2) is 28.2 Å². The summed E-state index contributed by atoms with van der Waals surface area (Å²) in [5, 5.41) is 0. The molecule has 0 bridgehead atoms. The lowest BCUT2D eigenvalue weighted by molar-refractivity contribution is -0.161. The minimum Gasteiger partial charge on any atom is -0.459 e. The topological polar surface area (TPSA) is 81.7 Å². The van der Waals surface area contributed by atoms with E-state index in [2.05, 4.69) is 0 Å². The molecule has 2 atom stereocenters. The van der Waals surface area contributed by atoms with Crippen molar-refractivity contribution in [1.29, 1.82) is 0 Å². The summed E-state index contributed by atoms with van der Waals surface area (Å²) < 4.78 is 106. The Bertz CT molecular complexity index is 1090. The molecule has 2 rings (SSSR count). The van der Waals surface area contributed by atoms with Gasteiger partial charge in [-0.2, -0.15) is 4.72 Å². The molecule has 33 heavy (non-hydrogen) atoms. The second-order valence-corrected chi connectivity index (χ2v) is 9.68. The van der Waals surface area contributed by atoms with Gasteiger partial charge in [-0.1, -0.05) is 30.3 Å². The molecule has 0 aromatic heterocycles. The molecule has 2 aromatic carbocycles. The predicted octanol–water partition coefficient (Wildman–Crippen LogP) is 3.98. The average Bonchev–Trinajstić information content (AvgIpc) is 2.72. The highest BCUT2D eigenvalue weighted by molar-refractivity contribution is 7.89. The number of hydrogen-bond donors (Lipinski definition) is 1.